The van der Waals surface area contributed by atoms with E-state index in [2.05, 4.69) is 16.9 Å². The molecule has 0 fully saturated rings. The lowest BCUT2D eigenvalue weighted by Crippen LogP contribution is -2.27. The molecule has 2 N–H and O–H groups in total. The van der Waals surface area contributed by atoms with E-state index in [4.69, 9.17) is 5.73 Å². The number of nitrogens with zero attached hydrogens (tertiary/aromatic N) is 2. The fourth-order valence-corrected chi connectivity index (χ4v) is 2.44. The second kappa shape index (κ2) is 7.86. The van der Waals surface area contributed by atoms with E-state index in [0.717, 1.165) is 30.8 Å². The van der Waals surface area contributed by atoms with Gasteiger partial charge in [0, 0.05) is 30.9 Å². The van der Waals surface area contributed by atoms with E-state index < -0.39 is 0 Å². The van der Waals surface area contributed by atoms with E-state index in [-0.39, 0.29) is 11.7 Å². The highest BCUT2D eigenvalue weighted by molar-refractivity contribution is 5.28. The van der Waals surface area contributed by atoms with Gasteiger partial charge in [0.15, 0.2) is 0 Å². The Morgan fingerprint density at radius 1 is 1.14 bits per heavy atom. The fourth-order valence-electron chi connectivity index (χ4n) is 2.44. The number of hydrogen-bond acceptors (Lipinski definition) is 3. The predicted molar refractivity (Wildman–Crippen MR) is 83.6 cm³/mol. The molecule has 0 saturated heterocycles. The van der Waals surface area contributed by atoms with Crippen molar-refractivity contribution in [3.8, 4) is 0 Å². The highest BCUT2D eigenvalue weighted by atomic mass is 19.1. The second-order valence-corrected chi connectivity index (χ2v) is 5.24. The Hall–Kier alpha value is -1.78. The van der Waals surface area contributed by atoms with Gasteiger partial charge in [-0.1, -0.05) is 18.2 Å². The quantitative estimate of drug-likeness (QED) is 0.851. The summed E-state index contributed by atoms with van der Waals surface area (Å²) in [6.45, 7) is 2.45. The van der Waals surface area contributed by atoms with Gasteiger partial charge >= 0.3 is 0 Å². The predicted octanol–water partition coefficient (Wildman–Crippen LogP) is 2.63. The standard InChI is InChI=1S/C17H22FN3/c1-21(13-10-19)12-9-16(17-4-2-3-11-20-17)14-5-7-15(18)8-6-14/h2-8,11,16H,9-10,12-13,19H2,1H3. The SMILES string of the molecule is CN(CCN)CCC(c1ccc(F)cc1)c1ccccn1. The van der Waals surface area contributed by atoms with Crippen molar-refractivity contribution in [2.75, 3.05) is 26.7 Å². The summed E-state index contributed by atoms with van der Waals surface area (Å²) in [6.07, 6.45) is 2.73. The number of pyridine rings is 1. The number of aromatic nitrogens is 1. The lowest BCUT2D eigenvalue weighted by Gasteiger charge is -2.21. The lowest BCUT2D eigenvalue weighted by atomic mass is 9.92. The van der Waals surface area contributed by atoms with Crippen molar-refractivity contribution in [1.29, 1.82) is 0 Å². The van der Waals surface area contributed by atoms with Gasteiger partial charge in [-0.15, -0.1) is 0 Å². The van der Waals surface area contributed by atoms with Gasteiger partial charge in [0.25, 0.3) is 0 Å². The Balaban J connectivity index is 2.16. The number of likely N-dealkylation sites (N-methyl/N-ethyl adjacent to an activating group) is 1. The van der Waals surface area contributed by atoms with Crippen LogP contribution in [0.4, 0.5) is 4.39 Å². The third-order valence-electron chi connectivity index (χ3n) is 3.63. The molecule has 0 spiro atoms. The summed E-state index contributed by atoms with van der Waals surface area (Å²) in [6, 6.07) is 12.6. The molecule has 0 bridgehead atoms. The van der Waals surface area contributed by atoms with Gasteiger partial charge in [-0.3, -0.25) is 4.98 Å². The molecule has 1 heterocycles. The van der Waals surface area contributed by atoms with Crippen LogP contribution in [0, 0.1) is 5.82 Å². The van der Waals surface area contributed by atoms with Crippen molar-refractivity contribution in [2.45, 2.75) is 12.3 Å². The minimum absolute atomic E-state index is 0.173. The minimum atomic E-state index is -0.209. The van der Waals surface area contributed by atoms with E-state index in [1.54, 1.807) is 6.20 Å². The molecule has 0 amide bonds. The summed E-state index contributed by atoms with van der Waals surface area (Å²) in [7, 11) is 2.06. The molecule has 0 aliphatic heterocycles. The average Bonchev–Trinajstić information content (AvgIpc) is 2.50. The highest BCUT2D eigenvalue weighted by Gasteiger charge is 2.16. The first kappa shape index (κ1) is 15.6. The third kappa shape index (κ3) is 4.62. The summed E-state index contributed by atoms with van der Waals surface area (Å²) >= 11 is 0. The van der Waals surface area contributed by atoms with Gasteiger partial charge < -0.3 is 10.6 Å². The smallest absolute Gasteiger partial charge is 0.123 e. The molecule has 4 heteroatoms. The maximum Gasteiger partial charge on any atom is 0.123 e. The molecule has 1 aromatic heterocycles. The zero-order chi connectivity index (χ0) is 15.1. The Kier molecular flexibility index (Phi) is 5.84. The molecule has 0 saturated carbocycles. The molecule has 1 atom stereocenters. The van der Waals surface area contributed by atoms with Gasteiger partial charge in [-0.05, 0) is 49.8 Å². The molecular weight excluding hydrogens is 265 g/mol. The van der Waals surface area contributed by atoms with Crippen LogP contribution < -0.4 is 5.73 Å². The van der Waals surface area contributed by atoms with Gasteiger partial charge in [-0.25, -0.2) is 4.39 Å². The Labute approximate surface area is 125 Å². The maximum atomic E-state index is 13.1. The molecule has 0 aliphatic rings. The fraction of sp³-hybridized carbons (Fsp3) is 0.353. The van der Waals surface area contributed by atoms with Crippen molar-refractivity contribution < 1.29 is 4.39 Å². The normalized spacial score (nSPS) is 12.6. The number of benzene rings is 1. The van der Waals surface area contributed by atoms with Crippen molar-refractivity contribution in [3.05, 3.63) is 65.7 Å². The summed E-state index contributed by atoms with van der Waals surface area (Å²) < 4.78 is 13.1. The maximum absolute atomic E-state index is 13.1. The van der Waals surface area contributed by atoms with Crippen LogP contribution in [0.2, 0.25) is 0 Å². The number of nitrogens with two attached hydrogens (primary N) is 1. The molecular formula is C17H22FN3. The van der Waals surface area contributed by atoms with Crippen LogP contribution in [0.3, 0.4) is 0 Å². The van der Waals surface area contributed by atoms with Crippen LogP contribution in [-0.2, 0) is 0 Å². The minimum Gasteiger partial charge on any atom is -0.329 e. The van der Waals surface area contributed by atoms with Crippen LogP contribution >= 0.6 is 0 Å². The molecule has 3 nitrogen and oxygen atoms in total. The lowest BCUT2D eigenvalue weighted by molar-refractivity contribution is 0.331. The molecule has 0 radical (unpaired) electrons. The monoisotopic (exact) mass is 287 g/mol. The molecule has 21 heavy (non-hydrogen) atoms. The van der Waals surface area contributed by atoms with Crippen LogP contribution in [0.15, 0.2) is 48.7 Å². The Bertz CT molecular complexity index is 527. The Morgan fingerprint density at radius 3 is 2.52 bits per heavy atom. The summed E-state index contributed by atoms with van der Waals surface area (Å²) in [5, 5.41) is 0. The highest BCUT2D eigenvalue weighted by Crippen LogP contribution is 2.26. The first-order chi connectivity index (χ1) is 10.2. The van der Waals surface area contributed by atoms with Crippen LogP contribution in [0.5, 0.6) is 0 Å². The second-order valence-electron chi connectivity index (χ2n) is 5.24. The largest absolute Gasteiger partial charge is 0.329 e. The number of hydrogen-bond donors (Lipinski definition) is 1. The molecule has 1 aromatic carbocycles. The Morgan fingerprint density at radius 2 is 1.90 bits per heavy atom. The van der Waals surface area contributed by atoms with E-state index in [9.17, 15) is 4.39 Å². The van der Waals surface area contributed by atoms with Gasteiger partial charge in [-0.2, -0.15) is 0 Å². The van der Waals surface area contributed by atoms with Gasteiger partial charge in [0.1, 0.15) is 5.82 Å². The van der Waals surface area contributed by atoms with E-state index in [1.165, 1.54) is 12.1 Å². The van der Waals surface area contributed by atoms with E-state index in [0.29, 0.717) is 6.54 Å². The van der Waals surface area contributed by atoms with Crippen LogP contribution in [0.25, 0.3) is 0 Å². The third-order valence-corrected chi connectivity index (χ3v) is 3.63. The zero-order valence-corrected chi connectivity index (χ0v) is 12.4. The molecule has 2 aromatic rings. The van der Waals surface area contributed by atoms with Gasteiger partial charge in [0.2, 0.25) is 0 Å². The summed E-state index contributed by atoms with van der Waals surface area (Å²) in [5.74, 6) is -0.0363. The van der Waals surface area contributed by atoms with Gasteiger partial charge in [0.05, 0.1) is 0 Å². The first-order valence-electron chi connectivity index (χ1n) is 7.25. The van der Waals surface area contributed by atoms with Crippen molar-refractivity contribution in [3.63, 3.8) is 0 Å². The summed E-state index contributed by atoms with van der Waals surface area (Å²) in [5.41, 5.74) is 7.69. The van der Waals surface area contributed by atoms with Crippen molar-refractivity contribution >= 4 is 0 Å². The van der Waals surface area contributed by atoms with Crippen LogP contribution in [-0.4, -0.2) is 36.6 Å². The van der Waals surface area contributed by atoms with E-state index in [1.807, 2.05) is 30.3 Å². The molecule has 112 valence electrons. The number of rotatable bonds is 7. The molecule has 2 rings (SSSR count). The van der Waals surface area contributed by atoms with E-state index >= 15 is 0 Å². The van der Waals surface area contributed by atoms with Crippen LogP contribution in [0.1, 0.15) is 23.6 Å². The molecule has 0 aliphatic carbocycles. The number of halogens is 1. The van der Waals surface area contributed by atoms with Crippen molar-refractivity contribution in [2.24, 2.45) is 5.73 Å². The van der Waals surface area contributed by atoms with Crippen molar-refractivity contribution in [1.82, 2.24) is 9.88 Å². The zero-order valence-electron chi connectivity index (χ0n) is 12.4. The summed E-state index contributed by atoms with van der Waals surface area (Å²) in [4.78, 5) is 6.67. The molecule has 1 unspecified atom stereocenters. The average molecular weight is 287 g/mol. The first-order valence-corrected chi connectivity index (χ1v) is 7.25. The topological polar surface area (TPSA) is 42.1 Å².